The number of rotatable bonds is 4. The average molecular weight is 331 g/mol. The molecule has 7 heteroatoms. The Kier molecular flexibility index (Phi) is 4.03. The second-order valence-corrected chi connectivity index (χ2v) is 7.02. The topological polar surface area (TPSA) is 99.6 Å². The van der Waals surface area contributed by atoms with Crippen LogP contribution in [-0.2, 0) is 14.4 Å². The number of hydrogen-bond donors (Lipinski definition) is 2. The van der Waals surface area contributed by atoms with E-state index in [-0.39, 0.29) is 11.8 Å². The van der Waals surface area contributed by atoms with Crippen LogP contribution in [0.5, 0.6) is 0 Å². The molecule has 1 unspecified atom stereocenters. The Morgan fingerprint density at radius 2 is 2.12 bits per heavy atom. The maximum atomic E-state index is 12.6. The van der Waals surface area contributed by atoms with E-state index in [9.17, 15) is 19.5 Å². The van der Waals surface area contributed by atoms with E-state index in [0.717, 1.165) is 6.42 Å². The number of nitrogens with zero attached hydrogens (tertiary/aromatic N) is 2. The fourth-order valence-electron chi connectivity index (χ4n) is 3.63. The fraction of sp³-hybridized carbons (Fsp3) is 0.529. The average Bonchev–Trinajstić information content (AvgIpc) is 3.13. The van der Waals surface area contributed by atoms with E-state index in [1.807, 2.05) is 0 Å². The molecule has 1 aliphatic carbocycles. The number of carbonyl (C=O) groups excluding carboxylic acids is 2. The van der Waals surface area contributed by atoms with E-state index in [1.54, 1.807) is 43.3 Å². The third-order valence-corrected chi connectivity index (χ3v) is 5.09. The molecule has 3 atom stereocenters. The van der Waals surface area contributed by atoms with Crippen LogP contribution in [0.25, 0.3) is 0 Å². The normalized spacial score (nSPS) is 28.3. The standard InChI is InChI=1S/C17H21N3O4/c1-17(2)12(13(17)16(23)24)14(21)19-11-6-4-8-20(15(11)22)10-5-3-7-18-9-10/h3,5,7,9,11-13H,4,6,8H2,1-2H3,(H,19,21)(H,23,24)/t11?,12-,13+/m1/s1. The van der Waals surface area contributed by atoms with Crippen molar-refractivity contribution in [2.75, 3.05) is 11.4 Å². The maximum Gasteiger partial charge on any atom is 0.307 e. The van der Waals surface area contributed by atoms with Crippen molar-refractivity contribution in [1.29, 1.82) is 0 Å². The molecule has 0 spiro atoms. The van der Waals surface area contributed by atoms with Crippen molar-refractivity contribution in [3.8, 4) is 0 Å². The van der Waals surface area contributed by atoms with E-state index < -0.39 is 29.3 Å². The van der Waals surface area contributed by atoms with Crippen molar-refractivity contribution in [2.24, 2.45) is 17.3 Å². The molecular weight excluding hydrogens is 310 g/mol. The van der Waals surface area contributed by atoms with Crippen molar-refractivity contribution < 1.29 is 19.5 Å². The number of anilines is 1. The Bertz CT molecular complexity index is 674. The summed E-state index contributed by atoms with van der Waals surface area (Å²) in [5.74, 6) is -2.76. The first-order chi connectivity index (χ1) is 11.3. The highest BCUT2D eigenvalue weighted by Gasteiger charge is 2.66. The smallest absolute Gasteiger partial charge is 0.307 e. The first-order valence-corrected chi connectivity index (χ1v) is 8.08. The van der Waals surface area contributed by atoms with Gasteiger partial charge in [-0.1, -0.05) is 13.8 Å². The van der Waals surface area contributed by atoms with Crippen LogP contribution in [0.3, 0.4) is 0 Å². The van der Waals surface area contributed by atoms with Gasteiger partial charge < -0.3 is 15.3 Å². The minimum Gasteiger partial charge on any atom is -0.481 e. The molecule has 1 aromatic rings. The van der Waals surface area contributed by atoms with E-state index in [4.69, 9.17) is 0 Å². The Morgan fingerprint density at radius 1 is 1.38 bits per heavy atom. The SMILES string of the molecule is CC1(C)[C@H](C(=O)O)[C@@H]1C(=O)NC1CCCN(c2cccnc2)C1=O. The summed E-state index contributed by atoms with van der Waals surface area (Å²) < 4.78 is 0. The molecule has 1 aliphatic heterocycles. The van der Waals surface area contributed by atoms with Crippen LogP contribution < -0.4 is 10.2 Å². The molecule has 2 fully saturated rings. The van der Waals surface area contributed by atoms with Gasteiger partial charge in [0.2, 0.25) is 11.8 Å². The number of piperidine rings is 1. The van der Waals surface area contributed by atoms with Crippen LogP contribution in [-0.4, -0.2) is 40.5 Å². The molecule has 0 aromatic carbocycles. The Labute approximate surface area is 140 Å². The van der Waals surface area contributed by atoms with Gasteiger partial charge in [0.15, 0.2) is 0 Å². The van der Waals surface area contributed by atoms with Crippen LogP contribution in [0.4, 0.5) is 5.69 Å². The summed E-state index contributed by atoms with van der Waals surface area (Å²) in [6.07, 6.45) is 4.58. The summed E-state index contributed by atoms with van der Waals surface area (Å²) in [6, 6.07) is 2.95. The van der Waals surface area contributed by atoms with Gasteiger partial charge in [-0.05, 0) is 30.4 Å². The summed E-state index contributed by atoms with van der Waals surface area (Å²) in [7, 11) is 0. The predicted molar refractivity (Wildman–Crippen MR) is 86.2 cm³/mol. The largest absolute Gasteiger partial charge is 0.481 e. The van der Waals surface area contributed by atoms with E-state index in [2.05, 4.69) is 10.3 Å². The van der Waals surface area contributed by atoms with Gasteiger partial charge in [-0.2, -0.15) is 0 Å². The number of carboxylic acid groups (broad SMARTS) is 1. The molecular formula is C17H21N3O4. The summed E-state index contributed by atoms with van der Waals surface area (Å²) in [5.41, 5.74) is 0.132. The van der Waals surface area contributed by atoms with Gasteiger partial charge in [-0.15, -0.1) is 0 Å². The zero-order valence-corrected chi connectivity index (χ0v) is 13.7. The second kappa shape index (κ2) is 5.89. The van der Waals surface area contributed by atoms with Crippen molar-refractivity contribution in [1.82, 2.24) is 10.3 Å². The summed E-state index contributed by atoms with van der Waals surface area (Å²) in [4.78, 5) is 41.9. The van der Waals surface area contributed by atoms with Gasteiger partial charge in [0.05, 0.1) is 23.7 Å². The maximum absolute atomic E-state index is 12.6. The van der Waals surface area contributed by atoms with Crippen molar-refractivity contribution in [2.45, 2.75) is 32.7 Å². The molecule has 2 N–H and O–H groups in total. The molecule has 0 radical (unpaired) electrons. The second-order valence-electron chi connectivity index (χ2n) is 7.02. The number of carbonyl (C=O) groups is 3. The van der Waals surface area contributed by atoms with Gasteiger partial charge in [0.1, 0.15) is 6.04 Å². The van der Waals surface area contributed by atoms with Gasteiger partial charge in [-0.3, -0.25) is 19.4 Å². The molecule has 7 nitrogen and oxygen atoms in total. The summed E-state index contributed by atoms with van der Waals surface area (Å²) in [5, 5.41) is 12.0. The third kappa shape index (κ3) is 2.74. The lowest BCUT2D eigenvalue weighted by molar-refractivity contribution is -0.140. The number of aliphatic carboxylic acids is 1. The molecule has 2 amide bonds. The quantitative estimate of drug-likeness (QED) is 0.859. The molecule has 1 aromatic heterocycles. The van der Waals surface area contributed by atoms with E-state index >= 15 is 0 Å². The Morgan fingerprint density at radius 3 is 2.71 bits per heavy atom. The van der Waals surface area contributed by atoms with Crippen LogP contribution in [0.1, 0.15) is 26.7 Å². The number of pyridine rings is 1. The number of carboxylic acids is 1. The molecule has 0 bridgehead atoms. The Balaban J connectivity index is 1.68. The molecule has 24 heavy (non-hydrogen) atoms. The number of amides is 2. The van der Waals surface area contributed by atoms with E-state index in [0.29, 0.717) is 18.7 Å². The minimum absolute atomic E-state index is 0.173. The molecule has 1 saturated carbocycles. The summed E-state index contributed by atoms with van der Waals surface area (Å²) >= 11 is 0. The fourth-order valence-corrected chi connectivity index (χ4v) is 3.63. The predicted octanol–water partition coefficient (Wildman–Crippen LogP) is 1.05. The van der Waals surface area contributed by atoms with Gasteiger partial charge >= 0.3 is 5.97 Å². The zero-order chi connectivity index (χ0) is 17.5. The number of hydrogen-bond acceptors (Lipinski definition) is 4. The number of nitrogens with one attached hydrogen (secondary N) is 1. The van der Waals surface area contributed by atoms with Gasteiger partial charge in [-0.25, -0.2) is 0 Å². The zero-order valence-electron chi connectivity index (χ0n) is 13.7. The first kappa shape index (κ1) is 16.4. The van der Waals surface area contributed by atoms with Crippen LogP contribution in [0.15, 0.2) is 24.5 Å². The lowest BCUT2D eigenvalue weighted by Crippen LogP contribution is -2.53. The van der Waals surface area contributed by atoms with Crippen molar-refractivity contribution in [3.63, 3.8) is 0 Å². The molecule has 2 heterocycles. The third-order valence-electron chi connectivity index (χ3n) is 5.09. The number of aromatic nitrogens is 1. The van der Waals surface area contributed by atoms with Gasteiger partial charge in [0.25, 0.3) is 0 Å². The monoisotopic (exact) mass is 331 g/mol. The lowest BCUT2D eigenvalue weighted by atomic mass is 10.0. The molecule has 2 aliphatic rings. The van der Waals surface area contributed by atoms with Crippen molar-refractivity contribution >= 4 is 23.5 Å². The highest BCUT2D eigenvalue weighted by Crippen LogP contribution is 2.58. The first-order valence-electron chi connectivity index (χ1n) is 8.08. The molecule has 3 rings (SSSR count). The van der Waals surface area contributed by atoms with E-state index in [1.165, 1.54) is 0 Å². The van der Waals surface area contributed by atoms with Gasteiger partial charge in [0, 0.05) is 12.7 Å². The highest BCUT2D eigenvalue weighted by molar-refractivity contribution is 6.01. The summed E-state index contributed by atoms with van der Waals surface area (Å²) in [6.45, 7) is 4.12. The van der Waals surface area contributed by atoms with Crippen LogP contribution in [0, 0.1) is 17.3 Å². The minimum atomic E-state index is -0.966. The van der Waals surface area contributed by atoms with Crippen LogP contribution in [0.2, 0.25) is 0 Å². The lowest BCUT2D eigenvalue weighted by Gasteiger charge is -2.32. The van der Waals surface area contributed by atoms with Crippen LogP contribution >= 0.6 is 0 Å². The molecule has 1 saturated heterocycles. The molecule has 128 valence electrons. The Hall–Kier alpha value is -2.44. The highest BCUT2D eigenvalue weighted by atomic mass is 16.4. The van der Waals surface area contributed by atoms with Crippen molar-refractivity contribution in [3.05, 3.63) is 24.5 Å².